The number of amides is 1. The molecule has 3 heterocycles. The average Bonchev–Trinajstić information content (AvgIpc) is 3.27. The highest BCUT2D eigenvalue weighted by atomic mass is 35.5. The summed E-state index contributed by atoms with van der Waals surface area (Å²) in [6.07, 6.45) is 3.15. The van der Waals surface area contributed by atoms with Crippen LogP contribution in [0, 0.1) is 5.82 Å². The van der Waals surface area contributed by atoms with E-state index in [0.29, 0.717) is 59.3 Å². The van der Waals surface area contributed by atoms with Gasteiger partial charge in [0.1, 0.15) is 24.0 Å². The smallest absolute Gasteiger partial charge is 0.335 e. The van der Waals surface area contributed by atoms with Gasteiger partial charge in [0.05, 0.1) is 35.8 Å². The van der Waals surface area contributed by atoms with Crippen molar-refractivity contribution in [3.8, 4) is 5.75 Å². The lowest BCUT2D eigenvalue weighted by Gasteiger charge is -2.29. The summed E-state index contributed by atoms with van der Waals surface area (Å²) in [4.78, 5) is 31.4. The van der Waals surface area contributed by atoms with E-state index in [9.17, 15) is 19.1 Å². The third-order valence-corrected chi connectivity index (χ3v) is 7.71. The molecular weight excluding hydrogens is 549 g/mol. The van der Waals surface area contributed by atoms with Crippen molar-refractivity contribution in [1.29, 1.82) is 0 Å². The van der Waals surface area contributed by atoms with E-state index in [-0.39, 0.29) is 30.7 Å². The van der Waals surface area contributed by atoms with E-state index in [0.717, 1.165) is 17.6 Å². The molecule has 0 aliphatic carbocycles. The summed E-state index contributed by atoms with van der Waals surface area (Å²) < 4.78 is 27.8. The van der Waals surface area contributed by atoms with Crippen molar-refractivity contribution >= 4 is 40.1 Å². The number of imidazole rings is 1. The standard InChI is InChI=1S/C31H27ClFN3O5/c32-22-7-5-21(25(33)15-22)18-41-28-4-2-1-3-24(28)19-9-11-35(30(37)14-19)17-29-34-26-8-6-20(31(38)39)13-27(26)36(29)16-23-10-12-40-23/h1-8,13-15,23H,9-12,16-18H2,(H,38,39)/t23-/m0/s1. The Morgan fingerprint density at radius 2 is 2.00 bits per heavy atom. The molecule has 41 heavy (non-hydrogen) atoms. The molecule has 0 saturated carbocycles. The van der Waals surface area contributed by atoms with E-state index in [2.05, 4.69) is 0 Å². The highest BCUT2D eigenvalue weighted by molar-refractivity contribution is 6.30. The minimum atomic E-state index is -1.01. The molecule has 1 fully saturated rings. The molecule has 2 aliphatic heterocycles. The van der Waals surface area contributed by atoms with Gasteiger partial charge in [-0.25, -0.2) is 14.2 Å². The summed E-state index contributed by atoms with van der Waals surface area (Å²) in [6.45, 7) is 2.01. The van der Waals surface area contributed by atoms with Gasteiger partial charge in [-0.15, -0.1) is 0 Å². The Hall–Kier alpha value is -4.21. The minimum absolute atomic E-state index is 0.0257. The van der Waals surface area contributed by atoms with Crippen LogP contribution in [0.4, 0.5) is 4.39 Å². The summed E-state index contributed by atoms with van der Waals surface area (Å²) in [5.41, 5.74) is 3.56. The second-order valence-electron chi connectivity index (χ2n) is 10.1. The van der Waals surface area contributed by atoms with Gasteiger partial charge in [0.2, 0.25) is 5.91 Å². The lowest BCUT2D eigenvalue weighted by atomic mass is 9.98. The zero-order valence-corrected chi connectivity index (χ0v) is 22.8. The number of benzene rings is 3. The molecule has 1 saturated heterocycles. The summed E-state index contributed by atoms with van der Waals surface area (Å²) in [7, 11) is 0. The van der Waals surface area contributed by atoms with Crippen LogP contribution in [0.15, 0.2) is 66.7 Å². The van der Waals surface area contributed by atoms with Crippen molar-refractivity contribution in [3.05, 3.63) is 100 Å². The second kappa shape index (κ2) is 11.3. The zero-order chi connectivity index (χ0) is 28.5. The van der Waals surface area contributed by atoms with Crippen LogP contribution in [-0.4, -0.2) is 50.7 Å². The Kier molecular flexibility index (Phi) is 7.47. The molecular formula is C31H27ClFN3O5. The number of ether oxygens (including phenoxy) is 2. The molecule has 1 aromatic heterocycles. The van der Waals surface area contributed by atoms with Gasteiger partial charge in [-0.05, 0) is 54.8 Å². The number of carbonyl (C=O) groups excluding carboxylic acids is 1. The van der Waals surface area contributed by atoms with Crippen LogP contribution in [0.3, 0.4) is 0 Å². The molecule has 0 radical (unpaired) electrons. The van der Waals surface area contributed by atoms with Crippen LogP contribution in [-0.2, 0) is 29.2 Å². The molecule has 8 nitrogen and oxygen atoms in total. The minimum Gasteiger partial charge on any atom is -0.488 e. The number of hydrogen-bond donors (Lipinski definition) is 1. The Balaban J connectivity index is 1.22. The molecule has 0 spiro atoms. The molecule has 1 amide bonds. The molecule has 3 aromatic carbocycles. The van der Waals surface area contributed by atoms with Crippen molar-refractivity contribution in [2.75, 3.05) is 13.2 Å². The van der Waals surface area contributed by atoms with Crippen molar-refractivity contribution in [2.45, 2.75) is 38.6 Å². The van der Waals surface area contributed by atoms with Gasteiger partial charge >= 0.3 is 5.97 Å². The molecule has 4 aromatic rings. The van der Waals surface area contributed by atoms with Gasteiger partial charge in [-0.3, -0.25) is 4.79 Å². The Bertz CT molecular complexity index is 1680. The van der Waals surface area contributed by atoms with Crippen LogP contribution in [0.2, 0.25) is 5.02 Å². The third kappa shape index (κ3) is 5.68. The maximum Gasteiger partial charge on any atom is 0.335 e. The summed E-state index contributed by atoms with van der Waals surface area (Å²) in [6, 6.07) is 16.7. The first-order valence-corrected chi connectivity index (χ1v) is 13.7. The molecule has 1 atom stereocenters. The topological polar surface area (TPSA) is 93.9 Å². The van der Waals surface area contributed by atoms with E-state index in [1.165, 1.54) is 12.1 Å². The van der Waals surface area contributed by atoms with Gasteiger partial charge in [0, 0.05) is 35.4 Å². The van der Waals surface area contributed by atoms with E-state index in [1.807, 2.05) is 22.8 Å². The number of para-hydroxylation sites is 1. The first-order chi connectivity index (χ1) is 19.9. The molecule has 1 N–H and O–H groups in total. The van der Waals surface area contributed by atoms with E-state index in [1.54, 1.807) is 41.3 Å². The van der Waals surface area contributed by atoms with Crippen LogP contribution in [0.5, 0.6) is 5.75 Å². The van der Waals surface area contributed by atoms with Gasteiger partial charge in [0.25, 0.3) is 0 Å². The molecule has 0 unspecified atom stereocenters. The highest BCUT2D eigenvalue weighted by Gasteiger charge is 2.26. The normalized spacial score (nSPS) is 16.9. The molecule has 210 valence electrons. The lowest BCUT2D eigenvalue weighted by Crippen LogP contribution is -2.36. The van der Waals surface area contributed by atoms with Crippen molar-refractivity contribution in [2.24, 2.45) is 0 Å². The third-order valence-electron chi connectivity index (χ3n) is 7.48. The van der Waals surface area contributed by atoms with Crippen molar-refractivity contribution in [1.82, 2.24) is 14.5 Å². The number of fused-ring (bicyclic) bond motifs is 1. The lowest BCUT2D eigenvalue weighted by molar-refractivity contribution is -0.127. The Morgan fingerprint density at radius 1 is 1.17 bits per heavy atom. The van der Waals surface area contributed by atoms with E-state index < -0.39 is 11.8 Å². The van der Waals surface area contributed by atoms with Crippen LogP contribution in [0.1, 0.15) is 40.2 Å². The van der Waals surface area contributed by atoms with Crippen molar-refractivity contribution in [3.63, 3.8) is 0 Å². The molecule has 2 aliphatic rings. The van der Waals surface area contributed by atoms with Gasteiger partial charge in [-0.2, -0.15) is 0 Å². The maximum atomic E-state index is 14.3. The summed E-state index contributed by atoms with van der Waals surface area (Å²) >= 11 is 5.86. The number of rotatable bonds is 9. The highest BCUT2D eigenvalue weighted by Crippen LogP contribution is 2.32. The first-order valence-electron chi connectivity index (χ1n) is 13.4. The summed E-state index contributed by atoms with van der Waals surface area (Å²) in [5.74, 6) is -0.364. The Labute approximate surface area is 240 Å². The van der Waals surface area contributed by atoms with Gasteiger partial charge in [0.15, 0.2) is 0 Å². The Morgan fingerprint density at radius 3 is 2.73 bits per heavy atom. The molecule has 6 rings (SSSR count). The first kappa shape index (κ1) is 27.0. The predicted octanol–water partition coefficient (Wildman–Crippen LogP) is 5.71. The molecule has 0 bridgehead atoms. The van der Waals surface area contributed by atoms with Crippen LogP contribution < -0.4 is 4.74 Å². The van der Waals surface area contributed by atoms with Gasteiger partial charge < -0.3 is 24.0 Å². The number of halogens is 2. The summed E-state index contributed by atoms with van der Waals surface area (Å²) in [5, 5.41) is 9.80. The van der Waals surface area contributed by atoms with E-state index >= 15 is 0 Å². The number of carboxylic acids is 1. The number of nitrogens with zero attached hydrogens (tertiary/aromatic N) is 3. The monoisotopic (exact) mass is 575 g/mol. The molecule has 10 heteroatoms. The quantitative estimate of drug-likeness (QED) is 0.275. The van der Waals surface area contributed by atoms with Crippen molar-refractivity contribution < 1.29 is 28.6 Å². The maximum absolute atomic E-state index is 14.3. The van der Waals surface area contributed by atoms with Crippen LogP contribution in [0.25, 0.3) is 16.6 Å². The predicted molar refractivity (Wildman–Crippen MR) is 151 cm³/mol. The number of aromatic carboxylic acids is 1. The SMILES string of the molecule is O=C(O)c1ccc2nc(CN3CCC(c4ccccc4OCc4ccc(Cl)cc4F)=CC3=O)n(C[C@@H]3CCO3)c2c1. The fraction of sp³-hybridized carbons (Fsp3) is 0.258. The number of hydrogen-bond acceptors (Lipinski definition) is 5. The van der Waals surface area contributed by atoms with Crippen LogP contribution >= 0.6 is 11.6 Å². The zero-order valence-electron chi connectivity index (χ0n) is 22.1. The fourth-order valence-electron chi connectivity index (χ4n) is 5.13. The second-order valence-corrected chi connectivity index (χ2v) is 10.6. The van der Waals surface area contributed by atoms with E-state index in [4.69, 9.17) is 26.1 Å². The number of carboxylic acid groups (broad SMARTS) is 1. The average molecular weight is 576 g/mol. The fourth-order valence-corrected chi connectivity index (χ4v) is 5.29. The number of carbonyl (C=O) groups is 2. The largest absolute Gasteiger partial charge is 0.488 e. The van der Waals surface area contributed by atoms with Gasteiger partial charge in [-0.1, -0.05) is 35.9 Å². The number of aromatic nitrogens is 2.